The lowest BCUT2D eigenvalue weighted by atomic mass is 10.5. The average molecular weight is 512 g/mol. The molecule has 0 atom stereocenters. The highest BCUT2D eigenvalue weighted by atomic mass is 16.7. The van der Waals surface area contributed by atoms with Gasteiger partial charge < -0.3 is 37.9 Å². The molecule has 0 fully saturated rings. The van der Waals surface area contributed by atoms with E-state index in [1.54, 1.807) is 0 Å². The van der Waals surface area contributed by atoms with Crippen molar-refractivity contribution in [3.05, 3.63) is 62.3 Å². The van der Waals surface area contributed by atoms with E-state index in [2.05, 4.69) is 35.8 Å². The first-order valence-corrected chi connectivity index (χ1v) is 10.3. The molecule has 0 aromatic rings. The van der Waals surface area contributed by atoms with Crippen LogP contribution in [0.1, 0.15) is 0 Å². The van der Waals surface area contributed by atoms with E-state index in [1.165, 1.54) is 0 Å². The maximum atomic E-state index is 12.4. The molecule has 0 heterocycles. The Morgan fingerprint density at radius 3 is 1.25 bits per heavy atom. The van der Waals surface area contributed by atoms with Crippen LogP contribution in [0.15, 0.2) is 62.3 Å². The largest absolute Gasteiger partial charge is 0.460 e. The summed E-state index contributed by atoms with van der Waals surface area (Å²) in [4.78, 5) is 57.8. The molecule has 0 aliphatic carbocycles. The Morgan fingerprint density at radius 2 is 0.833 bits per heavy atom. The van der Waals surface area contributed by atoms with Gasteiger partial charge in [0.2, 0.25) is 0 Å². The smallest absolute Gasteiger partial charge is 0.382 e. The van der Waals surface area contributed by atoms with Gasteiger partial charge in [-0.3, -0.25) is 0 Å². The van der Waals surface area contributed by atoms with Gasteiger partial charge in [-0.25, -0.2) is 24.0 Å². The summed E-state index contributed by atoms with van der Waals surface area (Å²) in [6, 6.07) is 0. The third kappa shape index (κ3) is 15.7. The van der Waals surface area contributed by atoms with Crippen molar-refractivity contribution in [2.24, 2.45) is 0 Å². The summed E-state index contributed by atoms with van der Waals surface area (Å²) in [5, 5.41) is 0. The summed E-state index contributed by atoms with van der Waals surface area (Å²) in [6.45, 7) is 13.6. The Labute approximate surface area is 207 Å². The first kappa shape index (κ1) is 31.9. The minimum absolute atomic E-state index is 0.0722. The molecule has 198 valence electrons. The summed E-state index contributed by atoms with van der Waals surface area (Å²) in [7, 11) is 0. The van der Waals surface area contributed by atoms with Crippen LogP contribution in [0.3, 0.4) is 0 Å². The molecular formula is C23H28O13. The van der Waals surface area contributed by atoms with Crippen molar-refractivity contribution in [3.8, 4) is 0 Å². The van der Waals surface area contributed by atoms with Gasteiger partial charge in [0.15, 0.2) is 0 Å². The van der Waals surface area contributed by atoms with Gasteiger partial charge in [0.25, 0.3) is 5.76 Å². The molecule has 0 saturated heterocycles. The van der Waals surface area contributed by atoms with E-state index in [0.29, 0.717) is 18.2 Å². The predicted molar refractivity (Wildman–Crippen MR) is 120 cm³/mol. The molecule has 0 aromatic heterocycles. The molecular weight excluding hydrogens is 484 g/mol. The van der Waals surface area contributed by atoms with Crippen LogP contribution in [0.25, 0.3) is 0 Å². The van der Waals surface area contributed by atoms with Gasteiger partial charge in [0.1, 0.15) is 13.2 Å². The molecule has 0 spiro atoms. The highest BCUT2D eigenvalue weighted by molar-refractivity contribution is 5.94. The molecule has 0 rings (SSSR count). The molecule has 13 nitrogen and oxygen atoms in total. The van der Waals surface area contributed by atoms with Crippen LogP contribution in [-0.2, 0) is 61.9 Å². The average Bonchev–Trinajstić information content (AvgIpc) is 2.88. The Morgan fingerprint density at radius 1 is 0.472 bits per heavy atom. The van der Waals surface area contributed by atoms with E-state index < -0.39 is 41.6 Å². The van der Waals surface area contributed by atoms with Crippen LogP contribution in [0.2, 0.25) is 0 Å². The molecule has 0 aliphatic heterocycles. The maximum absolute atomic E-state index is 12.4. The maximum Gasteiger partial charge on any atom is 0.382 e. The minimum atomic E-state index is -1.30. The molecule has 0 unspecified atom stereocenters. The highest BCUT2D eigenvalue weighted by Gasteiger charge is 2.28. The summed E-state index contributed by atoms with van der Waals surface area (Å²) in [6.07, 6.45) is 3.18. The van der Waals surface area contributed by atoms with Crippen LogP contribution in [0.5, 0.6) is 0 Å². The van der Waals surface area contributed by atoms with Crippen molar-refractivity contribution in [1.29, 1.82) is 0 Å². The number of esters is 5. The van der Waals surface area contributed by atoms with Crippen LogP contribution in [0.4, 0.5) is 0 Å². The molecule has 0 aliphatic rings. The molecule has 36 heavy (non-hydrogen) atoms. The number of hydrogen-bond donors (Lipinski definition) is 0. The fourth-order valence-electron chi connectivity index (χ4n) is 1.75. The van der Waals surface area contributed by atoms with E-state index in [0.717, 1.165) is 6.08 Å². The number of carbonyl (C=O) groups excluding carboxylic acids is 5. The van der Waals surface area contributed by atoms with Gasteiger partial charge in [0, 0.05) is 24.3 Å². The minimum Gasteiger partial charge on any atom is -0.460 e. The van der Waals surface area contributed by atoms with E-state index >= 15 is 0 Å². The second kappa shape index (κ2) is 20.3. The van der Waals surface area contributed by atoms with Crippen molar-refractivity contribution in [1.82, 2.24) is 0 Å². The third-order valence-electron chi connectivity index (χ3n) is 3.30. The van der Waals surface area contributed by atoms with Crippen molar-refractivity contribution >= 4 is 29.8 Å². The van der Waals surface area contributed by atoms with Gasteiger partial charge in [-0.15, -0.1) is 0 Å². The summed E-state index contributed by atoms with van der Waals surface area (Å²) in [5.41, 5.74) is 0. The fourth-order valence-corrected chi connectivity index (χ4v) is 1.75. The zero-order valence-electron chi connectivity index (χ0n) is 19.6. The van der Waals surface area contributed by atoms with Gasteiger partial charge in [-0.2, -0.15) is 0 Å². The standard InChI is InChI=1S/C23H28O13/c1-5-17(24)32-15-13-30-11-9-29-10-12-31-14-16-33-22(28)21(34-18(25)6-2)23(35-19(26)7-3)36-20(27)8-4/h5-8H,1-4,9-16H2. The summed E-state index contributed by atoms with van der Waals surface area (Å²) >= 11 is 0. The van der Waals surface area contributed by atoms with Crippen LogP contribution in [-0.4, -0.2) is 82.7 Å². The highest BCUT2D eigenvalue weighted by Crippen LogP contribution is 2.14. The number of hydrogen-bond acceptors (Lipinski definition) is 13. The lowest BCUT2D eigenvalue weighted by Gasteiger charge is -2.12. The molecule has 0 saturated carbocycles. The quantitative estimate of drug-likeness (QED) is 0.0737. The molecule has 0 bridgehead atoms. The normalized spacial score (nSPS) is 9.67. The van der Waals surface area contributed by atoms with E-state index in [-0.39, 0.29) is 52.9 Å². The van der Waals surface area contributed by atoms with Crippen molar-refractivity contribution in [2.45, 2.75) is 0 Å². The first-order valence-electron chi connectivity index (χ1n) is 10.3. The summed E-state index contributed by atoms with van der Waals surface area (Å²) in [5.74, 6) is -7.27. The molecule has 0 aromatic carbocycles. The van der Waals surface area contributed by atoms with Crippen LogP contribution < -0.4 is 0 Å². The molecule has 0 amide bonds. The zero-order chi connectivity index (χ0) is 27.2. The lowest BCUT2D eigenvalue weighted by molar-refractivity contribution is -0.157. The monoisotopic (exact) mass is 512 g/mol. The lowest BCUT2D eigenvalue weighted by Crippen LogP contribution is -2.22. The van der Waals surface area contributed by atoms with Gasteiger partial charge in [-0.05, 0) is 0 Å². The van der Waals surface area contributed by atoms with Gasteiger partial charge >= 0.3 is 35.8 Å². The molecule has 0 radical (unpaired) electrons. The third-order valence-corrected chi connectivity index (χ3v) is 3.30. The Balaban J connectivity index is 4.51. The first-order chi connectivity index (χ1) is 17.3. The molecule has 13 heteroatoms. The SMILES string of the molecule is C=CC(=O)OCCOCCOCCOCCOC(=O)C(OC(=O)C=C)=C(OC(=O)C=C)OC(=O)C=C. The van der Waals surface area contributed by atoms with Crippen LogP contribution in [0, 0.1) is 0 Å². The predicted octanol–water partition coefficient (Wildman–Crippen LogP) is 0.665. The second-order valence-corrected chi connectivity index (χ2v) is 5.84. The van der Waals surface area contributed by atoms with E-state index in [9.17, 15) is 24.0 Å². The molecule has 0 N–H and O–H groups in total. The Kier molecular flexibility index (Phi) is 18.0. The van der Waals surface area contributed by atoms with Crippen molar-refractivity contribution in [2.75, 3.05) is 52.9 Å². The fraction of sp³-hybridized carbons (Fsp3) is 0.348. The zero-order valence-corrected chi connectivity index (χ0v) is 19.6. The van der Waals surface area contributed by atoms with Gasteiger partial charge in [-0.1, -0.05) is 26.3 Å². The number of ether oxygens (including phenoxy) is 8. The second-order valence-electron chi connectivity index (χ2n) is 5.84. The van der Waals surface area contributed by atoms with Gasteiger partial charge in [0.05, 0.1) is 39.6 Å². The number of carbonyl (C=O) groups is 5. The summed E-state index contributed by atoms with van der Waals surface area (Å²) < 4.78 is 39.3. The van der Waals surface area contributed by atoms with E-state index in [1.807, 2.05) is 0 Å². The van der Waals surface area contributed by atoms with E-state index in [4.69, 9.17) is 28.4 Å². The van der Waals surface area contributed by atoms with Crippen molar-refractivity contribution in [3.63, 3.8) is 0 Å². The van der Waals surface area contributed by atoms with Crippen molar-refractivity contribution < 1.29 is 61.9 Å². The number of rotatable bonds is 20. The topological polar surface area (TPSA) is 159 Å². The Bertz CT molecular complexity index is 817. The Hall–Kier alpha value is -4.07. The van der Waals surface area contributed by atoms with Crippen LogP contribution >= 0.6 is 0 Å².